The first-order valence-electron chi connectivity index (χ1n) is 6.40. The number of ether oxygens (including phenoxy) is 1. The summed E-state index contributed by atoms with van der Waals surface area (Å²) < 4.78 is 5.73. The van der Waals surface area contributed by atoms with Crippen molar-refractivity contribution in [2.45, 2.75) is 32.9 Å². The van der Waals surface area contributed by atoms with Gasteiger partial charge in [-0.25, -0.2) is 4.79 Å². The fraction of sp³-hybridized carbons (Fsp3) is 0.500. The summed E-state index contributed by atoms with van der Waals surface area (Å²) in [5.41, 5.74) is 1.06. The van der Waals surface area contributed by atoms with Gasteiger partial charge >= 0.3 is 6.03 Å². The largest absolute Gasteiger partial charge is 0.489 e. The van der Waals surface area contributed by atoms with Crippen LogP contribution in [-0.2, 0) is 0 Å². The van der Waals surface area contributed by atoms with Gasteiger partial charge in [-0.1, -0.05) is 18.2 Å². The van der Waals surface area contributed by atoms with Crippen LogP contribution < -0.4 is 15.4 Å². The minimum atomic E-state index is -0.304. The number of carbonyl (C=O) groups is 1. The smallest absolute Gasteiger partial charge is 0.315 e. The van der Waals surface area contributed by atoms with Crippen LogP contribution in [0.4, 0.5) is 4.79 Å². The molecule has 0 spiro atoms. The lowest BCUT2D eigenvalue weighted by Crippen LogP contribution is -2.45. The highest BCUT2D eigenvalue weighted by Gasteiger charge is 2.09. The molecule has 0 aromatic heterocycles. The molecule has 0 bridgehead atoms. The van der Waals surface area contributed by atoms with Crippen LogP contribution in [0.25, 0.3) is 0 Å². The zero-order chi connectivity index (χ0) is 14.3. The Kier molecular flexibility index (Phi) is 6.15. The van der Waals surface area contributed by atoms with Gasteiger partial charge in [-0.05, 0) is 32.4 Å². The van der Waals surface area contributed by atoms with Crippen molar-refractivity contribution in [3.8, 4) is 5.75 Å². The lowest BCUT2D eigenvalue weighted by molar-refractivity contribution is 0.200. The molecule has 1 aromatic rings. The van der Waals surface area contributed by atoms with Crippen molar-refractivity contribution in [2.75, 3.05) is 13.2 Å². The van der Waals surface area contributed by atoms with Gasteiger partial charge in [-0.2, -0.15) is 0 Å². The standard InChI is InChI=1S/C14H22N2O3/c1-10-6-4-5-7-13(10)19-12(3)8-15-14(18)16-11(2)9-17/h4-7,11-12,17H,8-9H2,1-3H3,(H2,15,16,18). The van der Waals surface area contributed by atoms with Gasteiger partial charge < -0.3 is 20.5 Å². The Morgan fingerprint density at radius 3 is 2.68 bits per heavy atom. The molecule has 1 aromatic carbocycles. The first kappa shape index (κ1) is 15.3. The van der Waals surface area contributed by atoms with Crippen LogP contribution in [0.15, 0.2) is 24.3 Å². The van der Waals surface area contributed by atoms with Crippen molar-refractivity contribution in [1.82, 2.24) is 10.6 Å². The third-order valence-corrected chi connectivity index (χ3v) is 2.62. The number of nitrogens with one attached hydrogen (secondary N) is 2. The number of hydrogen-bond donors (Lipinski definition) is 3. The van der Waals surface area contributed by atoms with Crippen LogP contribution in [-0.4, -0.2) is 36.4 Å². The van der Waals surface area contributed by atoms with Gasteiger partial charge in [0.15, 0.2) is 0 Å². The number of hydrogen-bond acceptors (Lipinski definition) is 3. The van der Waals surface area contributed by atoms with Gasteiger partial charge in [0.2, 0.25) is 0 Å². The summed E-state index contributed by atoms with van der Waals surface area (Å²) in [6.07, 6.45) is -0.128. The maximum atomic E-state index is 11.4. The number of amides is 2. The number of para-hydroxylation sites is 1. The Bertz CT molecular complexity index is 409. The number of aryl methyl sites for hydroxylation is 1. The van der Waals surface area contributed by atoms with Crippen LogP contribution in [0, 0.1) is 6.92 Å². The summed E-state index contributed by atoms with van der Waals surface area (Å²) in [5, 5.41) is 14.1. The average Bonchev–Trinajstić information content (AvgIpc) is 2.39. The average molecular weight is 266 g/mol. The van der Waals surface area contributed by atoms with Crippen molar-refractivity contribution >= 4 is 6.03 Å². The molecule has 0 radical (unpaired) electrons. The number of aliphatic hydroxyl groups is 1. The van der Waals surface area contributed by atoms with E-state index in [0.29, 0.717) is 6.54 Å². The predicted molar refractivity (Wildman–Crippen MR) is 74.4 cm³/mol. The maximum Gasteiger partial charge on any atom is 0.315 e. The van der Waals surface area contributed by atoms with Gasteiger partial charge in [0.1, 0.15) is 11.9 Å². The molecule has 106 valence electrons. The fourth-order valence-electron chi connectivity index (χ4n) is 1.50. The highest BCUT2D eigenvalue weighted by atomic mass is 16.5. The van der Waals surface area contributed by atoms with E-state index in [0.717, 1.165) is 11.3 Å². The van der Waals surface area contributed by atoms with Gasteiger partial charge in [-0.15, -0.1) is 0 Å². The lowest BCUT2D eigenvalue weighted by atomic mass is 10.2. The number of urea groups is 1. The van der Waals surface area contributed by atoms with Gasteiger partial charge in [0, 0.05) is 0 Å². The van der Waals surface area contributed by atoms with Crippen LogP contribution >= 0.6 is 0 Å². The zero-order valence-corrected chi connectivity index (χ0v) is 11.6. The van der Waals surface area contributed by atoms with Crippen LogP contribution in [0.3, 0.4) is 0 Å². The Morgan fingerprint density at radius 2 is 2.05 bits per heavy atom. The van der Waals surface area contributed by atoms with E-state index in [2.05, 4.69) is 10.6 Å². The second kappa shape index (κ2) is 7.63. The quantitative estimate of drug-likeness (QED) is 0.729. The molecule has 0 aliphatic carbocycles. The van der Waals surface area contributed by atoms with Crippen LogP contribution in [0.2, 0.25) is 0 Å². The summed E-state index contributed by atoms with van der Waals surface area (Å²) >= 11 is 0. The van der Waals surface area contributed by atoms with Gasteiger partial charge in [0.25, 0.3) is 0 Å². The molecule has 0 aliphatic rings. The molecule has 2 atom stereocenters. The highest BCUT2D eigenvalue weighted by Crippen LogP contribution is 2.17. The molecular formula is C14H22N2O3. The maximum absolute atomic E-state index is 11.4. The third kappa shape index (κ3) is 5.61. The molecule has 2 unspecified atom stereocenters. The fourth-order valence-corrected chi connectivity index (χ4v) is 1.50. The number of carbonyl (C=O) groups excluding carboxylic acids is 1. The minimum Gasteiger partial charge on any atom is -0.489 e. The highest BCUT2D eigenvalue weighted by molar-refractivity contribution is 5.74. The predicted octanol–water partition coefficient (Wildman–Crippen LogP) is 1.44. The van der Waals surface area contributed by atoms with E-state index >= 15 is 0 Å². The lowest BCUT2D eigenvalue weighted by Gasteiger charge is -2.18. The second-order valence-corrected chi connectivity index (χ2v) is 4.63. The molecule has 2 amide bonds. The molecule has 5 nitrogen and oxygen atoms in total. The summed E-state index contributed by atoms with van der Waals surface area (Å²) in [5.74, 6) is 0.820. The molecule has 0 heterocycles. The molecule has 0 saturated heterocycles. The van der Waals surface area contributed by atoms with Crippen molar-refractivity contribution < 1.29 is 14.6 Å². The summed E-state index contributed by atoms with van der Waals surface area (Å²) in [6.45, 7) is 5.92. The molecule has 0 saturated carbocycles. The minimum absolute atomic E-state index is 0.0807. The van der Waals surface area contributed by atoms with Crippen molar-refractivity contribution in [1.29, 1.82) is 0 Å². The summed E-state index contributed by atoms with van der Waals surface area (Å²) in [6, 6.07) is 7.19. The van der Waals surface area contributed by atoms with E-state index in [4.69, 9.17) is 9.84 Å². The van der Waals surface area contributed by atoms with Crippen molar-refractivity contribution in [3.05, 3.63) is 29.8 Å². The Labute approximate surface area is 114 Å². The summed E-state index contributed by atoms with van der Waals surface area (Å²) in [4.78, 5) is 11.4. The normalized spacial score (nSPS) is 13.5. The molecule has 5 heteroatoms. The van der Waals surface area contributed by atoms with Crippen molar-refractivity contribution in [3.63, 3.8) is 0 Å². The third-order valence-electron chi connectivity index (χ3n) is 2.62. The van der Waals surface area contributed by atoms with Crippen LogP contribution in [0.1, 0.15) is 19.4 Å². The monoisotopic (exact) mass is 266 g/mol. The van der Waals surface area contributed by atoms with E-state index < -0.39 is 0 Å². The molecule has 0 aliphatic heterocycles. The molecule has 0 fully saturated rings. The van der Waals surface area contributed by atoms with E-state index in [1.54, 1.807) is 6.92 Å². The van der Waals surface area contributed by atoms with Crippen molar-refractivity contribution in [2.24, 2.45) is 0 Å². The van der Waals surface area contributed by atoms with E-state index in [1.165, 1.54) is 0 Å². The number of benzene rings is 1. The Hall–Kier alpha value is -1.75. The Morgan fingerprint density at radius 1 is 1.37 bits per heavy atom. The number of aliphatic hydroxyl groups excluding tert-OH is 1. The first-order chi connectivity index (χ1) is 9.02. The summed E-state index contributed by atoms with van der Waals surface area (Å²) in [7, 11) is 0. The molecule has 3 N–H and O–H groups in total. The molecular weight excluding hydrogens is 244 g/mol. The SMILES string of the molecule is Cc1ccccc1OC(C)CNC(=O)NC(C)CO. The van der Waals surface area contributed by atoms with Gasteiger partial charge in [-0.3, -0.25) is 0 Å². The van der Waals surface area contributed by atoms with E-state index in [1.807, 2.05) is 38.1 Å². The van der Waals surface area contributed by atoms with Crippen LogP contribution in [0.5, 0.6) is 5.75 Å². The molecule has 1 rings (SSSR count). The van der Waals surface area contributed by atoms with E-state index in [9.17, 15) is 4.79 Å². The second-order valence-electron chi connectivity index (χ2n) is 4.63. The van der Waals surface area contributed by atoms with E-state index in [-0.39, 0.29) is 24.8 Å². The van der Waals surface area contributed by atoms with Gasteiger partial charge in [0.05, 0.1) is 19.2 Å². The molecule has 19 heavy (non-hydrogen) atoms. The Balaban J connectivity index is 2.34. The topological polar surface area (TPSA) is 70.6 Å². The first-order valence-corrected chi connectivity index (χ1v) is 6.40. The zero-order valence-electron chi connectivity index (χ0n) is 11.6. The number of rotatable bonds is 6.